The van der Waals surface area contributed by atoms with Gasteiger partial charge in [-0.1, -0.05) is 12.1 Å². The summed E-state index contributed by atoms with van der Waals surface area (Å²) < 4.78 is 17.2. The van der Waals surface area contributed by atoms with Gasteiger partial charge in [0, 0.05) is 5.88 Å². The molecule has 5 heteroatoms. The number of alkyl halides is 1. The Morgan fingerprint density at radius 2 is 1.71 bits per heavy atom. The van der Waals surface area contributed by atoms with Gasteiger partial charge in [0.2, 0.25) is 0 Å². The normalized spacial score (nSPS) is 10.3. The van der Waals surface area contributed by atoms with E-state index in [1.165, 1.54) is 0 Å². The zero-order valence-electron chi connectivity index (χ0n) is 11.9. The number of hydrogen-bond donors (Lipinski definition) is 0. The summed E-state index contributed by atoms with van der Waals surface area (Å²) in [7, 11) is 3.26. The number of halogens is 2. The van der Waals surface area contributed by atoms with Crippen molar-refractivity contribution in [2.75, 3.05) is 14.2 Å². The van der Waals surface area contributed by atoms with E-state index in [1.54, 1.807) is 14.2 Å². The predicted molar refractivity (Wildman–Crippen MR) is 87.6 cm³/mol. The first-order valence-electron chi connectivity index (χ1n) is 6.36. The number of methoxy groups -OCH3 is 2. The van der Waals surface area contributed by atoms with E-state index in [2.05, 4.69) is 15.9 Å². The van der Waals surface area contributed by atoms with Crippen LogP contribution in [0.4, 0.5) is 0 Å². The molecular formula is C16H16BrClO3. The summed E-state index contributed by atoms with van der Waals surface area (Å²) in [5, 5.41) is 0. The van der Waals surface area contributed by atoms with E-state index >= 15 is 0 Å². The van der Waals surface area contributed by atoms with Crippen LogP contribution in [0.3, 0.4) is 0 Å². The lowest BCUT2D eigenvalue weighted by Crippen LogP contribution is -1.99. The van der Waals surface area contributed by atoms with E-state index in [-0.39, 0.29) is 0 Å². The molecule has 0 N–H and O–H groups in total. The van der Waals surface area contributed by atoms with Crippen LogP contribution < -0.4 is 14.2 Å². The van der Waals surface area contributed by atoms with Gasteiger partial charge < -0.3 is 14.2 Å². The minimum Gasteiger partial charge on any atom is -0.497 e. The zero-order valence-corrected chi connectivity index (χ0v) is 14.2. The minimum atomic E-state index is 0.424. The lowest BCUT2D eigenvalue weighted by molar-refractivity contribution is 0.282. The number of rotatable bonds is 6. The summed E-state index contributed by atoms with van der Waals surface area (Å²) >= 11 is 9.34. The smallest absolute Gasteiger partial charge is 0.175 e. The van der Waals surface area contributed by atoms with Crippen LogP contribution in [0.25, 0.3) is 0 Å². The fourth-order valence-electron chi connectivity index (χ4n) is 1.87. The SMILES string of the molecule is COc1ccc(COc2c(Br)cc(CCl)cc2OC)cc1. The summed E-state index contributed by atoms with van der Waals surface area (Å²) in [6.45, 7) is 0.444. The Hall–Kier alpha value is -1.39. The second kappa shape index (κ2) is 7.57. The third kappa shape index (κ3) is 4.05. The third-order valence-electron chi connectivity index (χ3n) is 2.99. The Kier molecular flexibility index (Phi) is 5.76. The quantitative estimate of drug-likeness (QED) is 0.684. The van der Waals surface area contributed by atoms with Crippen molar-refractivity contribution >= 4 is 27.5 Å². The maximum atomic E-state index is 5.86. The maximum Gasteiger partial charge on any atom is 0.175 e. The van der Waals surface area contributed by atoms with E-state index in [1.807, 2.05) is 36.4 Å². The summed E-state index contributed by atoms with van der Waals surface area (Å²) in [5.41, 5.74) is 2.02. The molecule has 0 saturated heterocycles. The van der Waals surface area contributed by atoms with Crippen LogP contribution in [-0.4, -0.2) is 14.2 Å². The molecule has 0 bridgehead atoms. The molecule has 2 aromatic rings. The van der Waals surface area contributed by atoms with Crippen molar-refractivity contribution in [3.05, 3.63) is 52.0 Å². The van der Waals surface area contributed by atoms with E-state index in [9.17, 15) is 0 Å². The van der Waals surface area contributed by atoms with Gasteiger partial charge in [-0.3, -0.25) is 0 Å². The van der Waals surface area contributed by atoms with E-state index in [0.29, 0.717) is 24.0 Å². The molecule has 0 unspecified atom stereocenters. The monoisotopic (exact) mass is 370 g/mol. The van der Waals surface area contributed by atoms with Crippen LogP contribution in [0.1, 0.15) is 11.1 Å². The summed E-state index contributed by atoms with van der Waals surface area (Å²) in [6, 6.07) is 11.5. The van der Waals surface area contributed by atoms with E-state index in [4.69, 9.17) is 25.8 Å². The lowest BCUT2D eigenvalue weighted by atomic mass is 10.2. The first-order chi connectivity index (χ1) is 10.2. The summed E-state index contributed by atoms with van der Waals surface area (Å²) in [6.07, 6.45) is 0. The van der Waals surface area contributed by atoms with Crippen LogP contribution in [0, 0.1) is 0 Å². The Labute approximate surface area is 137 Å². The van der Waals surface area contributed by atoms with Crippen LogP contribution in [-0.2, 0) is 12.5 Å². The molecule has 0 aliphatic heterocycles. The van der Waals surface area contributed by atoms with Gasteiger partial charge in [-0.2, -0.15) is 0 Å². The number of ether oxygens (including phenoxy) is 3. The molecule has 0 amide bonds. The van der Waals surface area contributed by atoms with Gasteiger partial charge in [0.15, 0.2) is 11.5 Å². The van der Waals surface area contributed by atoms with E-state index < -0.39 is 0 Å². The van der Waals surface area contributed by atoms with Crippen molar-refractivity contribution < 1.29 is 14.2 Å². The Bertz CT molecular complexity index is 599. The average molecular weight is 372 g/mol. The maximum absolute atomic E-state index is 5.86. The number of benzene rings is 2. The van der Waals surface area contributed by atoms with Crippen LogP contribution >= 0.6 is 27.5 Å². The molecule has 0 spiro atoms. The highest BCUT2D eigenvalue weighted by atomic mass is 79.9. The molecular weight excluding hydrogens is 356 g/mol. The van der Waals surface area contributed by atoms with Crippen molar-refractivity contribution in [3.8, 4) is 17.2 Å². The van der Waals surface area contributed by atoms with Crippen LogP contribution in [0.2, 0.25) is 0 Å². The van der Waals surface area contributed by atoms with Gasteiger partial charge in [-0.05, 0) is 51.3 Å². The molecule has 0 fully saturated rings. The third-order valence-corrected chi connectivity index (χ3v) is 3.88. The molecule has 0 aliphatic rings. The summed E-state index contributed by atoms with van der Waals surface area (Å²) in [5.74, 6) is 2.58. The second-order valence-electron chi connectivity index (χ2n) is 4.38. The van der Waals surface area contributed by atoms with Gasteiger partial charge in [-0.25, -0.2) is 0 Å². The van der Waals surface area contributed by atoms with Crippen molar-refractivity contribution in [3.63, 3.8) is 0 Å². The van der Waals surface area contributed by atoms with Gasteiger partial charge in [-0.15, -0.1) is 11.6 Å². The van der Waals surface area contributed by atoms with Gasteiger partial charge in [0.1, 0.15) is 12.4 Å². The molecule has 2 aromatic carbocycles. The first-order valence-corrected chi connectivity index (χ1v) is 7.68. The fraction of sp³-hybridized carbons (Fsp3) is 0.250. The largest absolute Gasteiger partial charge is 0.497 e. The Morgan fingerprint density at radius 3 is 2.29 bits per heavy atom. The van der Waals surface area contributed by atoms with Gasteiger partial charge in [0.25, 0.3) is 0 Å². The van der Waals surface area contributed by atoms with Crippen molar-refractivity contribution in [1.82, 2.24) is 0 Å². The Balaban J connectivity index is 2.15. The predicted octanol–water partition coefficient (Wildman–Crippen LogP) is 4.78. The molecule has 0 atom stereocenters. The van der Waals surface area contributed by atoms with Crippen molar-refractivity contribution in [1.29, 1.82) is 0 Å². The minimum absolute atomic E-state index is 0.424. The lowest BCUT2D eigenvalue weighted by Gasteiger charge is -2.14. The second-order valence-corrected chi connectivity index (χ2v) is 5.50. The van der Waals surface area contributed by atoms with Crippen molar-refractivity contribution in [2.24, 2.45) is 0 Å². The highest BCUT2D eigenvalue weighted by Gasteiger charge is 2.11. The highest BCUT2D eigenvalue weighted by Crippen LogP contribution is 2.37. The van der Waals surface area contributed by atoms with Gasteiger partial charge in [0.05, 0.1) is 18.7 Å². The summed E-state index contributed by atoms with van der Waals surface area (Å²) in [4.78, 5) is 0. The van der Waals surface area contributed by atoms with Crippen LogP contribution in [0.5, 0.6) is 17.2 Å². The molecule has 0 aromatic heterocycles. The standard InChI is InChI=1S/C16H16BrClO3/c1-19-13-5-3-11(4-6-13)10-21-16-14(17)7-12(9-18)8-15(16)20-2/h3-8H,9-10H2,1-2H3. The molecule has 0 aliphatic carbocycles. The molecule has 0 saturated carbocycles. The number of hydrogen-bond acceptors (Lipinski definition) is 3. The molecule has 0 heterocycles. The van der Waals surface area contributed by atoms with E-state index in [0.717, 1.165) is 21.3 Å². The molecule has 2 rings (SSSR count). The van der Waals surface area contributed by atoms with Crippen molar-refractivity contribution in [2.45, 2.75) is 12.5 Å². The topological polar surface area (TPSA) is 27.7 Å². The zero-order chi connectivity index (χ0) is 15.2. The average Bonchev–Trinajstić information content (AvgIpc) is 2.53. The van der Waals surface area contributed by atoms with Gasteiger partial charge >= 0.3 is 0 Å². The molecule has 21 heavy (non-hydrogen) atoms. The highest BCUT2D eigenvalue weighted by molar-refractivity contribution is 9.10. The molecule has 112 valence electrons. The molecule has 0 radical (unpaired) electrons. The fourth-order valence-corrected chi connectivity index (χ4v) is 2.63. The first kappa shape index (κ1) is 16.0. The Morgan fingerprint density at radius 1 is 1.00 bits per heavy atom. The molecule has 3 nitrogen and oxygen atoms in total. The van der Waals surface area contributed by atoms with Crippen LogP contribution in [0.15, 0.2) is 40.9 Å².